The first-order chi connectivity index (χ1) is 8.70. The molecule has 0 aliphatic carbocycles. The molecular formula is C15H21BrN2. The van der Waals surface area contributed by atoms with Crippen molar-refractivity contribution >= 4 is 22.0 Å². The van der Waals surface area contributed by atoms with Crippen LogP contribution in [0.5, 0.6) is 0 Å². The molecule has 0 unspecified atom stereocenters. The van der Waals surface area contributed by atoms with Gasteiger partial charge in [-0.2, -0.15) is 0 Å². The normalized spacial score (nSPS) is 18.6. The number of hydrogen-bond donors (Lipinski definition) is 1. The third-order valence-electron chi connectivity index (χ3n) is 3.63. The zero-order valence-corrected chi connectivity index (χ0v) is 12.5. The maximum absolute atomic E-state index is 5.47. The lowest BCUT2D eigenvalue weighted by molar-refractivity contribution is 0.255. The fourth-order valence-corrected chi connectivity index (χ4v) is 3.22. The first-order valence-electron chi connectivity index (χ1n) is 6.55. The van der Waals surface area contributed by atoms with Gasteiger partial charge in [0, 0.05) is 11.0 Å². The summed E-state index contributed by atoms with van der Waals surface area (Å²) < 4.78 is 1.23. The molecule has 2 nitrogen and oxygen atoms in total. The summed E-state index contributed by atoms with van der Waals surface area (Å²) in [5.74, 6) is 0.697. The van der Waals surface area contributed by atoms with Crippen molar-refractivity contribution in [2.75, 3.05) is 26.7 Å². The number of halogens is 1. The van der Waals surface area contributed by atoms with Crippen LogP contribution in [-0.4, -0.2) is 31.6 Å². The number of likely N-dealkylation sites (tertiary alicyclic amines) is 1. The predicted molar refractivity (Wildman–Crippen MR) is 81.7 cm³/mol. The summed E-state index contributed by atoms with van der Waals surface area (Å²) in [7, 11) is 2.20. The molecular weight excluding hydrogens is 288 g/mol. The second-order valence-corrected chi connectivity index (χ2v) is 5.85. The lowest BCUT2D eigenvalue weighted by atomic mass is 9.89. The largest absolute Gasteiger partial charge is 0.327 e. The van der Waals surface area contributed by atoms with Gasteiger partial charge in [0.25, 0.3) is 0 Å². The van der Waals surface area contributed by atoms with E-state index in [2.05, 4.69) is 52.2 Å². The number of rotatable bonds is 3. The Hall–Kier alpha value is -0.640. The van der Waals surface area contributed by atoms with Crippen LogP contribution >= 0.6 is 15.9 Å². The standard InChI is InChI=1S/C15H21BrN2/c1-18-9-6-13(7-10-18)14-5-4-12(3-2-8-17)11-15(14)16/h2-5,11,13H,6-10,17H2,1H3/b3-2+. The Balaban J connectivity index is 2.12. The van der Waals surface area contributed by atoms with E-state index in [4.69, 9.17) is 5.73 Å². The minimum atomic E-state index is 0.592. The van der Waals surface area contributed by atoms with E-state index in [0.29, 0.717) is 12.5 Å². The van der Waals surface area contributed by atoms with Gasteiger partial charge in [-0.1, -0.05) is 40.2 Å². The van der Waals surface area contributed by atoms with E-state index in [9.17, 15) is 0 Å². The zero-order valence-electron chi connectivity index (χ0n) is 10.9. The lowest BCUT2D eigenvalue weighted by Gasteiger charge is -2.29. The van der Waals surface area contributed by atoms with Crippen LogP contribution in [0.15, 0.2) is 28.7 Å². The Kier molecular flexibility index (Phi) is 4.98. The molecule has 2 rings (SSSR count). The van der Waals surface area contributed by atoms with Crippen LogP contribution in [0.3, 0.4) is 0 Å². The van der Waals surface area contributed by atoms with Crippen molar-refractivity contribution < 1.29 is 0 Å². The van der Waals surface area contributed by atoms with Crippen LogP contribution in [0, 0.1) is 0 Å². The third kappa shape index (κ3) is 3.44. The Morgan fingerprint density at radius 1 is 1.39 bits per heavy atom. The van der Waals surface area contributed by atoms with E-state index < -0.39 is 0 Å². The molecule has 1 aliphatic heterocycles. The van der Waals surface area contributed by atoms with Crippen molar-refractivity contribution in [3.05, 3.63) is 39.9 Å². The van der Waals surface area contributed by atoms with Gasteiger partial charge in [0.05, 0.1) is 0 Å². The molecule has 0 saturated carbocycles. The topological polar surface area (TPSA) is 29.3 Å². The van der Waals surface area contributed by atoms with Gasteiger partial charge in [-0.25, -0.2) is 0 Å². The predicted octanol–water partition coefficient (Wildman–Crippen LogP) is 3.23. The molecule has 0 atom stereocenters. The molecule has 1 aliphatic rings. The van der Waals surface area contributed by atoms with Crippen LogP contribution in [-0.2, 0) is 0 Å². The molecule has 98 valence electrons. The highest BCUT2D eigenvalue weighted by Crippen LogP contribution is 2.33. The molecule has 0 amide bonds. The Morgan fingerprint density at radius 3 is 2.72 bits per heavy atom. The minimum absolute atomic E-state index is 0.592. The quantitative estimate of drug-likeness (QED) is 0.929. The van der Waals surface area contributed by atoms with E-state index in [1.807, 2.05) is 6.08 Å². The van der Waals surface area contributed by atoms with E-state index in [1.54, 1.807) is 0 Å². The average Bonchev–Trinajstić information content (AvgIpc) is 2.38. The van der Waals surface area contributed by atoms with Crippen molar-refractivity contribution in [3.63, 3.8) is 0 Å². The van der Waals surface area contributed by atoms with Crippen molar-refractivity contribution in [3.8, 4) is 0 Å². The molecule has 1 aromatic carbocycles. The second kappa shape index (κ2) is 6.50. The van der Waals surface area contributed by atoms with Gasteiger partial charge in [-0.05, 0) is 56.1 Å². The van der Waals surface area contributed by atoms with Crippen LogP contribution in [0.4, 0.5) is 0 Å². The summed E-state index contributed by atoms with van der Waals surface area (Å²) in [6.07, 6.45) is 6.57. The molecule has 18 heavy (non-hydrogen) atoms. The van der Waals surface area contributed by atoms with Gasteiger partial charge in [-0.15, -0.1) is 0 Å². The molecule has 1 heterocycles. The number of nitrogens with zero attached hydrogens (tertiary/aromatic N) is 1. The first-order valence-corrected chi connectivity index (χ1v) is 7.34. The molecule has 1 aromatic rings. The molecule has 0 bridgehead atoms. The molecule has 0 spiro atoms. The Morgan fingerprint density at radius 2 is 2.11 bits per heavy atom. The highest BCUT2D eigenvalue weighted by Gasteiger charge is 2.19. The van der Waals surface area contributed by atoms with E-state index in [1.165, 1.54) is 41.5 Å². The van der Waals surface area contributed by atoms with E-state index in [0.717, 1.165) is 0 Å². The highest BCUT2D eigenvalue weighted by molar-refractivity contribution is 9.10. The summed E-state index contributed by atoms with van der Waals surface area (Å²) in [6.45, 7) is 2.99. The average molecular weight is 309 g/mol. The zero-order chi connectivity index (χ0) is 13.0. The first kappa shape index (κ1) is 13.8. The van der Waals surface area contributed by atoms with Gasteiger partial charge in [0.1, 0.15) is 0 Å². The van der Waals surface area contributed by atoms with E-state index >= 15 is 0 Å². The van der Waals surface area contributed by atoms with Crippen LogP contribution in [0.1, 0.15) is 29.9 Å². The molecule has 1 saturated heterocycles. The van der Waals surface area contributed by atoms with Crippen molar-refractivity contribution in [2.24, 2.45) is 5.73 Å². The molecule has 3 heteroatoms. The van der Waals surface area contributed by atoms with E-state index in [-0.39, 0.29) is 0 Å². The Bertz CT molecular complexity index is 421. The molecule has 0 aromatic heterocycles. The van der Waals surface area contributed by atoms with Gasteiger partial charge in [-0.3, -0.25) is 0 Å². The van der Waals surface area contributed by atoms with Crippen LogP contribution in [0.25, 0.3) is 6.08 Å². The van der Waals surface area contributed by atoms with Gasteiger partial charge < -0.3 is 10.6 Å². The number of piperidine rings is 1. The third-order valence-corrected chi connectivity index (χ3v) is 4.32. The van der Waals surface area contributed by atoms with Crippen molar-refractivity contribution in [1.82, 2.24) is 4.90 Å². The minimum Gasteiger partial charge on any atom is -0.327 e. The van der Waals surface area contributed by atoms with Crippen molar-refractivity contribution in [2.45, 2.75) is 18.8 Å². The lowest BCUT2D eigenvalue weighted by Crippen LogP contribution is -2.29. The fourth-order valence-electron chi connectivity index (χ4n) is 2.50. The van der Waals surface area contributed by atoms with Gasteiger partial charge >= 0.3 is 0 Å². The fraction of sp³-hybridized carbons (Fsp3) is 0.467. The summed E-state index contributed by atoms with van der Waals surface area (Å²) >= 11 is 3.71. The second-order valence-electron chi connectivity index (χ2n) is 5.00. The smallest absolute Gasteiger partial charge is 0.0216 e. The van der Waals surface area contributed by atoms with Gasteiger partial charge in [0.2, 0.25) is 0 Å². The maximum atomic E-state index is 5.47. The SMILES string of the molecule is CN1CCC(c2ccc(/C=C/CN)cc2Br)CC1. The maximum Gasteiger partial charge on any atom is 0.0216 e. The summed E-state index contributed by atoms with van der Waals surface area (Å²) in [5, 5.41) is 0. The monoisotopic (exact) mass is 308 g/mol. The summed E-state index contributed by atoms with van der Waals surface area (Å²) in [5.41, 5.74) is 8.13. The summed E-state index contributed by atoms with van der Waals surface area (Å²) in [6, 6.07) is 6.64. The van der Waals surface area contributed by atoms with Gasteiger partial charge in [0.15, 0.2) is 0 Å². The summed E-state index contributed by atoms with van der Waals surface area (Å²) in [4.78, 5) is 2.41. The van der Waals surface area contributed by atoms with Crippen LogP contribution in [0.2, 0.25) is 0 Å². The highest BCUT2D eigenvalue weighted by atomic mass is 79.9. The Labute approximate surface area is 118 Å². The number of benzene rings is 1. The molecule has 0 radical (unpaired) electrons. The number of nitrogens with two attached hydrogens (primary N) is 1. The van der Waals surface area contributed by atoms with Crippen molar-refractivity contribution in [1.29, 1.82) is 0 Å². The molecule has 2 N–H and O–H groups in total. The number of hydrogen-bond acceptors (Lipinski definition) is 2. The van der Waals surface area contributed by atoms with Crippen LogP contribution < -0.4 is 5.73 Å². The molecule has 1 fully saturated rings.